The summed E-state index contributed by atoms with van der Waals surface area (Å²) in [4.78, 5) is 24.7. The van der Waals surface area contributed by atoms with Gasteiger partial charge in [0.15, 0.2) is 11.5 Å². The fraction of sp³-hybridized carbons (Fsp3) is 0.200. The molecule has 0 radical (unpaired) electrons. The summed E-state index contributed by atoms with van der Waals surface area (Å²) in [7, 11) is 1.52. The zero-order valence-electron chi connectivity index (χ0n) is 10.6. The first kappa shape index (κ1) is 11.7. The summed E-state index contributed by atoms with van der Waals surface area (Å²) >= 11 is 0. The molecule has 0 saturated heterocycles. The SMILES string of the molecule is CCc1cc2c(o1)C(=O)c1cc(OC)ccc1C2=O. The van der Waals surface area contributed by atoms with E-state index in [-0.39, 0.29) is 17.3 Å². The highest BCUT2D eigenvalue weighted by atomic mass is 16.5. The third-order valence-electron chi connectivity index (χ3n) is 3.30. The van der Waals surface area contributed by atoms with E-state index in [1.807, 2.05) is 6.92 Å². The minimum absolute atomic E-state index is 0.141. The highest BCUT2D eigenvalue weighted by Gasteiger charge is 2.33. The maximum atomic E-state index is 12.3. The molecule has 1 aromatic heterocycles. The Kier molecular flexibility index (Phi) is 2.52. The highest BCUT2D eigenvalue weighted by molar-refractivity contribution is 6.27. The summed E-state index contributed by atoms with van der Waals surface area (Å²) in [6.45, 7) is 1.91. The van der Waals surface area contributed by atoms with Crippen molar-refractivity contribution in [2.45, 2.75) is 13.3 Å². The highest BCUT2D eigenvalue weighted by Crippen LogP contribution is 2.31. The van der Waals surface area contributed by atoms with Crippen LogP contribution >= 0.6 is 0 Å². The average molecular weight is 256 g/mol. The van der Waals surface area contributed by atoms with Crippen molar-refractivity contribution in [1.29, 1.82) is 0 Å². The van der Waals surface area contributed by atoms with Crippen LogP contribution in [-0.2, 0) is 6.42 Å². The number of methoxy groups -OCH3 is 1. The first-order valence-electron chi connectivity index (χ1n) is 6.05. The topological polar surface area (TPSA) is 56.5 Å². The third-order valence-corrected chi connectivity index (χ3v) is 3.30. The van der Waals surface area contributed by atoms with E-state index in [0.29, 0.717) is 34.6 Å². The molecule has 0 amide bonds. The van der Waals surface area contributed by atoms with Gasteiger partial charge in [-0.2, -0.15) is 0 Å². The molecule has 19 heavy (non-hydrogen) atoms. The van der Waals surface area contributed by atoms with Crippen LogP contribution in [0.5, 0.6) is 5.75 Å². The number of benzene rings is 1. The predicted octanol–water partition coefficient (Wildman–Crippen LogP) is 2.63. The molecule has 0 saturated carbocycles. The fourth-order valence-electron chi connectivity index (χ4n) is 2.26. The molecule has 4 heteroatoms. The number of rotatable bonds is 2. The standard InChI is InChI=1S/C15H12O4/c1-3-8-6-12-13(16)10-5-4-9(18-2)7-11(10)14(17)15(12)19-8/h4-7H,3H2,1-2H3. The summed E-state index contributed by atoms with van der Waals surface area (Å²) in [6.07, 6.45) is 0.646. The quantitative estimate of drug-likeness (QED) is 0.707. The van der Waals surface area contributed by atoms with Gasteiger partial charge in [0.05, 0.1) is 12.7 Å². The van der Waals surface area contributed by atoms with Crippen molar-refractivity contribution in [2.75, 3.05) is 7.11 Å². The second-order valence-corrected chi connectivity index (χ2v) is 4.38. The molecular weight excluding hydrogens is 244 g/mol. The summed E-state index contributed by atoms with van der Waals surface area (Å²) in [5.41, 5.74) is 1.11. The van der Waals surface area contributed by atoms with Gasteiger partial charge in [0, 0.05) is 17.5 Å². The van der Waals surface area contributed by atoms with E-state index in [2.05, 4.69) is 0 Å². The molecule has 1 heterocycles. The fourth-order valence-corrected chi connectivity index (χ4v) is 2.26. The van der Waals surface area contributed by atoms with Crippen LogP contribution in [0.15, 0.2) is 28.7 Å². The molecule has 0 bridgehead atoms. The lowest BCUT2D eigenvalue weighted by Crippen LogP contribution is -2.19. The van der Waals surface area contributed by atoms with Crippen LogP contribution in [0.1, 0.15) is 44.7 Å². The van der Waals surface area contributed by atoms with E-state index in [9.17, 15) is 9.59 Å². The molecular formula is C15H12O4. The summed E-state index contributed by atoms with van der Waals surface area (Å²) in [5.74, 6) is 0.901. The molecule has 0 unspecified atom stereocenters. The molecule has 0 aliphatic heterocycles. The molecule has 0 fully saturated rings. The number of hydrogen-bond donors (Lipinski definition) is 0. The van der Waals surface area contributed by atoms with Crippen LogP contribution in [-0.4, -0.2) is 18.7 Å². The first-order chi connectivity index (χ1) is 9.15. The van der Waals surface area contributed by atoms with Crippen molar-refractivity contribution >= 4 is 11.6 Å². The Morgan fingerprint density at radius 1 is 1.05 bits per heavy atom. The molecule has 0 spiro atoms. The van der Waals surface area contributed by atoms with E-state index in [4.69, 9.17) is 9.15 Å². The number of fused-ring (bicyclic) bond motifs is 2. The van der Waals surface area contributed by atoms with Crippen molar-refractivity contribution in [3.05, 3.63) is 52.5 Å². The predicted molar refractivity (Wildman–Crippen MR) is 67.9 cm³/mol. The van der Waals surface area contributed by atoms with Gasteiger partial charge < -0.3 is 9.15 Å². The number of furan rings is 1. The Labute approximate surface area is 110 Å². The smallest absolute Gasteiger partial charge is 0.229 e. The van der Waals surface area contributed by atoms with Gasteiger partial charge in [-0.1, -0.05) is 6.92 Å². The first-order valence-corrected chi connectivity index (χ1v) is 6.05. The number of ketones is 2. The van der Waals surface area contributed by atoms with Crippen molar-refractivity contribution in [3.63, 3.8) is 0 Å². The number of hydrogen-bond acceptors (Lipinski definition) is 4. The Hall–Kier alpha value is -2.36. The maximum Gasteiger partial charge on any atom is 0.229 e. The van der Waals surface area contributed by atoms with E-state index >= 15 is 0 Å². The lowest BCUT2D eigenvalue weighted by molar-refractivity contribution is 0.0959. The Morgan fingerprint density at radius 2 is 1.84 bits per heavy atom. The molecule has 4 nitrogen and oxygen atoms in total. The van der Waals surface area contributed by atoms with Gasteiger partial charge >= 0.3 is 0 Å². The van der Waals surface area contributed by atoms with Crippen LogP contribution < -0.4 is 4.74 Å². The second kappa shape index (κ2) is 4.09. The second-order valence-electron chi connectivity index (χ2n) is 4.38. The average Bonchev–Trinajstić information content (AvgIpc) is 2.89. The van der Waals surface area contributed by atoms with Crippen LogP contribution in [0, 0.1) is 0 Å². The Balaban J connectivity index is 2.21. The molecule has 3 rings (SSSR count). The number of aryl methyl sites for hydroxylation is 1. The summed E-state index contributed by atoms with van der Waals surface area (Å²) in [6, 6.07) is 6.53. The zero-order valence-corrected chi connectivity index (χ0v) is 10.6. The van der Waals surface area contributed by atoms with Crippen molar-refractivity contribution in [1.82, 2.24) is 0 Å². The van der Waals surface area contributed by atoms with Crippen molar-refractivity contribution in [2.24, 2.45) is 0 Å². The Bertz CT molecular complexity index is 694. The van der Waals surface area contributed by atoms with Gasteiger partial charge in [-0.25, -0.2) is 0 Å². The molecule has 96 valence electrons. The van der Waals surface area contributed by atoms with Gasteiger partial charge in [-0.15, -0.1) is 0 Å². The monoisotopic (exact) mass is 256 g/mol. The van der Waals surface area contributed by atoms with E-state index in [1.165, 1.54) is 7.11 Å². The van der Waals surface area contributed by atoms with Gasteiger partial charge in [-0.3, -0.25) is 9.59 Å². The van der Waals surface area contributed by atoms with Gasteiger partial charge in [0.2, 0.25) is 5.78 Å². The van der Waals surface area contributed by atoms with Crippen LogP contribution in [0.2, 0.25) is 0 Å². The molecule has 0 N–H and O–H groups in total. The zero-order chi connectivity index (χ0) is 13.6. The normalized spacial score (nSPS) is 13.2. The van der Waals surface area contributed by atoms with Crippen LogP contribution in [0.25, 0.3) is 0 Å². The van der Waals surface area contributed by atoms with E-state index in [0.717, 1.165) is 0 Å². The maximum absolute atomic E-state index is 12.3. The lowest BCUT2D eigenvalue weighted by atomic mass is 9.88. The molecule has 1 aromatic carbocycles. The van der Waals surface area contributed by atoms with Crippen molar-refractivity contribution < 1.29 is 18.7 Å². The third kappa shape index (κ3) is 1.60. The number of ether oxygens (including phenoxy) is 1. The van der Waals surface area contributed by atoms with Gasteiger partial charge in [0.1, 0.15) is 11.5 Å². The molecule has 2 aromatic rings. The van der Waals surface area contributed by atoms with Gasteiger partial charge in [0.25, 0.3) is 0 Å². The van der Waals surface area contributed by atoms with E-state index < -0.39 is 0 Å². The van der Waals surface area contributed by atoms with Crippen molar-refractivity contribution in [3.8, 4) is 5.75 Å². The summed E-state index contributed by atoms with van der Waals surface area (Å²) in [5, 5.41) is 0. The lowest BCUT2D eigenvalue weighted by Gasteiger charge is -2.13. The Morgan fingerprint density at radius 3 is 2.53 bits per heavy atom. The number of carbonyl (C=O) groups is 2. The van der Waals surface area contributed by atoms with E-state index in [1.54, 1.807) is 24.3 Å². The minimum Gasteiger partial charge on any atom is -0.497 e. The molecule has 1 aliphatic rings. The minimum atomic E-state index is -0.261. The molecule has 0 atom stereocenters. The van der Waals surface area contributed by atoms with Gasteiger partial charge in [-0.05, 0) is 24.3 Å². The molecule has 1 aliphatic carbocycles. The van der Waals surface area contributed by atoms with Crippen LogP contribution in [0.3, 0.4) is 0 Å². The summed E-state index contributed by atoms with van der Waals surface area (Å²) < 4.78 is 10.5. The van der Waals surface area contributed by atoms with Crippen LogP contribution in [0.4, 0.5) is 0 Å². The largest absolute Gasteiger partial charge is 0.497 e. The number of carbonyl (C=O) groups excluding carboxylic acids is 2.